The van der Waals surface area contributed by atoms with Gasteiger partial charge in [0.25, 0.3) is 0 Å². The van der Waals surface area contributed by atoms with Crippen molar-refractivity contribution >= 4 is 39.7 Å². The Bertz CT molecular complexity index is 502. The lowest BCUT2D eigenvalue weighted by molar-refractivity contribution is -0.120. The van der Waals surface area contributed by atoms with Crippen LogP contribution in [0.1, 0.15) is 4.88 Å². The summed E-state index contributed by atoms with van der Waals surface area (Å²) in [6.45, 7) is 2.51. The summed E-state index contributed by atoms with van der Waals surface area (Å²) in [5.74, 6) is -0.163. The van der Waals surface area contributed by atoms with Crippen LogP contribution in [0.15, 0.2) is 16.3 Å². The summed E-state index contributed by atoms with van der Waals surface area (Å²) < 4.78 is 26.3. The van der Waals surface area contributed by atoms with Gasteiger partial charge in [-0.05, 0) is 26.1 Å². The molecule has 110 valence electrons. The summed E-state index contributed by atoms with van der Waals surface area (Å²) in [6.07, 6.45) is 0. The van der Waals surface area contributed by atoms with Gasteiger partial charge in [0.1, 0.15) is 4.21 Å². The van der Waals surface area contributed by atoms with Crippen molar-refractivity contribution in [2.45, 2.75) is 11.1 Å². The van der Waals surface area contributed by atoms with Crippen molar-refractivity contribution in [3.63, 3.8) is 0 Å². The van der Waals surface area contributed by atoms with Crippen molar-refractivity contribution in [2.75, 3.05) is 26.7 Å². The van der Waals surface area contributed by atoms with Crippen molar-refractivity contribution < 1.29 is 13.2 Å². The molecule has 0 saturated heterocycles. The fourth-order valence-electron chi connectivity index (χ4n) is 1.24. The van der Waals surface area contributed by atoms with E-state index in [1.54, 1.807) is 19.2 Å². The number of hydrogen-bond donors (Lipinski definition) is 3. The average Bonchev–Trinajstić information content (AvgIpc) is 2.72. The zero-order valence-corrected chi connectivity index (χ0v) is 13.2. The van der Waals surface area contributed by atoms with Crippen LogP contribution in [0.5, 0.6) is 0 Å². The van der Waals surface area contributed by atoms with Gasteiger partial charge in [0, 0.05) is 18.0 Å². The average molecular weight is 328 g/mol. The minimum Gasteiger partial charge on any atom is -0.354 e. The molecule has 1 amide bonds. The molecule has 0 aromatic carbocycles. The first-order chi connectivity index (χ1) is 8.45. The Morgan fingerprint density at radius 1 is 1.32 bits per heavy atom. The molecule has 0 aliphatic carbocycles. The Balaban J connectivity index is 0.00000324. The summed E-state index contributed by atoms with van der Waals surface area (Å²) in [5, 5.41) is 5.29. The normalized spacial score (nSPS) is 10.8. The van der Waals surface area contributed by atoms with Crippen LogP contribution in [0.4, 0.5) is 0 Å². The molecule has 0 radical (unpaired) electrons. The number of thiophene rings is 1. The monoisotopic (exact) mass is 327 g/mol. The maximum absolute atomic E-state index is 11.8. The van der Waals surface area contributed by atoms with Gasteiger partial charge in [0.05, 0.1) is 6.54 Å². The lowest BCUT2D eigenvalue weighted by Gasteiger charge is -2.06. The molecule has 0 bridgehead atoms. The topological polar surface area (TPSA) is 87.3 Å². The Hall–Kier alpha value is -0.670. The Kier molecular flexibility index (Phi) is 8.19. The number of halogens is 1. The zero-order chi connectivity index (χ0) is 13.6. The number of amides is 1. The largest absolute Gasteiger partial charge is 0.354 e. The lowest BCUT2D eigenvalue weighted by Crippen LogP contribution is -2.38. The van der Waals surface area contributed by atoms with Crippen LogP contribution < -0.4 is 15.4 Å². The summed E-state index contributed by atoms with van der Waals surface area (Å²) in [7, 11) is -1.78. The first kappa shape index (κ1) is 18.3. The van der Waals surface area contributed by atoms with Gasteiger partial charge in [-0.1, -0.05) is 0 Å². The highest BCUT2D eigenvalue weighted by Gasteiger charge is 2.15. The smallest absolute Gasteiger partial charge is 0.250 e. The number of carbonyl (C=O) groups excluding carboxylic acids is 1. The fraction of sp³-hybridized carbons (Fsp3) is 0.500. The van der Waals surface area contributed by atoms with Gasteiger partial charge < -0.3 is 10.6 Å². The van der Waals surface area contributed by atoms with Crippen LogP contribution in [0.2, 0.25) is 0 Å². The first-order valence-corrected chi connectivity index (χ1v) is 7.73. The second kappa shape index (κ2) is 8.49. The molecule has 19 heavy (non-hydrogen) atoms. The summed E-state index contributed by atoms with van der Waals surface area (Å²) in [4.78, 5) is 12.0. The predicted octanol–water partition coefficient (Wildman–Crippen LogP) is 0.0922. The standard InChI is InChI=1S/C10H17N3O3S2.ClH/c1-8-3-4-10(17-8)18(15,16)13-6-5-12-9(14)7-11-2;/h3-4,11,13H,5-7H2,1-2H3,(H,12,14);1H. The molecule has 1 rings (SSSR count). The molecule has 1 heterocycles. The molecule has 0 atom stereocenters. The van der Waals surface area contributed by atoms with E-state index in [2.05, 4.69) is 15.4 Å². The quantitative estimate of drug-likeness (QED) is 0.620. The van der Waals surface area contributed by atoms with E-state index < -0.39 is 10.0 Å². The third-order valence-corrected chi connectivity index (χ3v) is 5.01. The molecular weight excluding hydrogens is 310 g/mol. The minimum atomic E-state index is -3.45. The van der Waals surface area contributed by atoms with Gasteiger partial charge in [-0.2, -0.15) is 0 Å². The highest BCUT2D eigenvalue weighted by molar-refractivity contribution is 7.91. The number of aryl methyl sites for hydroxylation is 1. The lowest BCUT2D eigenvalue weighted by atomic mass is 10.5. The van der Waals surface area contributed by atoms with Crippen LogP contribution in [-0.4, -0.2) is 41.0 Å². The van der Waals surface area contributed by atoms with Crippen LogP contribution >= 0.6 is 23.7 Å². The van der Waals surface area contributed by atoms with E-state index >= 15 is 0 Å². The van der Waals surface area contributed by atoms with Crippen molar-refractivity contribution in [3.8, 4) is 0 Å². The van der Waals surface area contributed by atoms with Crippen LogP contribution in [0.3, 0.4) is 0 Å². The highest BCUT2D eigenvalue weighted by atomic mass is 35.5. The third kappa shape index (κ3) is 6.35. The highest BCUT2D eigenvalue weighted by Crippen LogP contribution is 2.19. The molecule has 0 spiro atoms. The first-order valence-electron chi connectivity index (χ1n) is 5.43. The fourth-order valence-corrected chi connectivity index (χ4v) is 3.60. The molecule has 0 aliphatic heterocycles. The van der Waals surface area contributed by atoms with Crippen molar-refractivity contribution in [3.05, 3.63) is 17.0 Å². The summed E-state index contributed by atoms with van der Waals surface area (Å²) >= 11 is 1.22. The molecule has 0 saturated carbocycles. The van der Waals surface area contributed by atoms with Gasteiger partial charge in [-0.3, -0.25) is 4.79 Å². The maximum Gasteiger partial charge on any atom is 0.250 e. The van der Waals surface area contributed by atoms with E-state index in [1.807, 2.05) is 6.92 Å². The molecule has 0 fully saturated rings. The Morgan fingerprint density at radius 2 is 2.00 bits per heavy atom. The molecule has 0 aliphatic rings. The molecule has 3 N–H and O–H groups in total. The zero-order valence-electron chi connectivity index (χ0n) is 10.7. The summed E-state index contributed by atoms with van der Waals surface area (Å²) in [5.41, 5.74) is 0. The number of hydrogen-bond acceptors (Lipinski definition) is 5. The Labute approximate surface area is 123 Å². The third-order valence-electron chi connectivity index (χ3n) is 2.06. The molecule has 1 aromatic heterocycles. The van der Waals surface area contributed by atoms with E-state index in [9.17, 15) is 13.2 Å². The predicted molar refractivity (Wildman–Crippen MR) is 78.4 cm³/mol. The molecular formula is C10H18ClN3O3S2. The molecule has 9 heteroatoms. The van der Waals surface area contributed by atoms with Crippen LogP contribution in [-0.2, 0) is 14.8 Å². The molecule has 0 unspecified atom stereocenters. The van der Waals surface area contributed by atoms with E-state index in [-0.39, 0.29) is 37.9 Å². The van der Waals surface area contributed by atoms with Crippen molar-refractivity contribution in [1.29, 1.82) is 0 Å². The number of likely N-dealkylation sites (N-methyl/N-ethyl adjacent to an activating group) is 1. The number of nitrogens with one attached hydrogen (secondary N) is 3. The minimum absolute atomic E-state index is 0. The van der Waals surface area contributed by atoms with Gasteiger partial charge >= 0.3 is 0 Å². The Morgan fingerprint density at radius 3 is 2.53 bits per heavy atom. The maximum atomic E-state index is 11.8. The van der Waals surface area contributed by atoms with E-state index in [4.69, 9.17) is 0 Å². The molecule has 6 nitrogen and oxygen atoms in total. The van der Waals surface area contributed by atoms with Gasteiger partial charge in [0.2, 0.25) is 15.9 Å². The SMILES string of the molecule is CNCC(=O)NCCNS(=O)(=O)c1ccc(C)s1.Cl. The second-order valence-electron chi connectivity index (χ2n) is 3.64. The van der Waals surface area contributed by atoms with Crippen LogP contribution in [0, 0.1) is 6.92 Å². The summed E-state index contributed by atoms with van der Waals surface area (Å²) in [6, 6.07) is 3.33. The van der Waals surface area contributed by atoms with Crippen molar-refractivity contribution in [1.82, 2.24) is 15.4 Å². The number of sulfonamides is 1. The van der Waals surface area contributed by atoms with Crippen LogP contribution in [0.25, 0.3) is 0 Å². The number of carbonyl (C=O) groups is 1. The van der Waals surface area contributed by atoms with Gasteiger partial charge in [0.15, 0.2) is 0 Å². The van der Waals surface area contributed by atoms with Crippen molar-refractivity contribution in [2.24, 2.45) is 0 Å². The second-order valence-corrected chi connectivity index (χ2v) is 6.92. The van der Waals surface area contributed by atoms with Gasteiger partial charge in [-0.15, -0.1) is 23.7 Å². The molecule has 1 aromatic rings. The van der Waals surface area contributed by atoms with E-state index in [1.165, 1.54) is 11.3 Å². The van der Waals surface area contributed by atoms with E-state index in [0.717, 1.165) is 4.88 Å². The van der Waals surface area contributed by atoms with E-state index in [0.29, 0.717) is 4.21 Å². The van der Waals surface area contributed by atoms with Gasteiger partial charge in [-0.25, -0.2) is 13.1 Å². The number of rotatable bonds is 7.